The summed E-state index contributed by atoms with van der Waals surface area (Å²) >= 11 is 1.76. The van der Waals surface area contributed by atoms with Crippen LogP contribution in [-0.2, 0) is 16.0 Å². The van der Waals surface area contributed by atoms with Crippen molar-refractivity contribution in [2.45, 2.75) is 38.8 Å². The molecule has 0 aliphatic rings. The van der Waals surface area contributed by atoms with Crippen molar-refractivity contribution in [2.75, 3.05) is 0 Å². The predicted molar refractivity (Wildman–Crippen MR) is 85.6 cm³/mol. The number of benzene rings is 1. The number of hydrogen-bond donors (Lipinski definition) is 2. The lowest BCUT2D eigenvalue weighted by atomic mass is 10.1. The molecule has 6 nitrogen and oxygen atoms in total. The molecule has 116 valence electrons. The zero-order chi connectivity index (χ0) is 16.0. The summed E-state index contributed by atoms with van der Waals surface area (Å²) in [5, 5.41) is 11.5. The van der Waals surface area contributed by atoms with Crippen LogP contribution in [0, 0.1) is 0 Å². The summed E-state index contributed by atoms with van der Waals surface area (Å²) in [4.78, 5) is 22.9. The molecule has 0 radical (unpaired) electrons. The van der Waals surface area contributed by atoms with Crippen LogP contribution in [0.4, 0.5) is 4.79 Å². The number of nitrogens with one attached hydrogen (secondary N) is 1. The van der Waals surface area contributed by atoms with E-state index in [0.717, 1.165) is 5.56 Å². The minimum Gasteiger partial charge on any atom is -0.480 e. The van der Waals surface area contributed by atoms with Crippen LogP contribution in [0.25, 0.3) is 0 Å². The van der Waals surface area contributed by atoms with Crippen molar-refractivity contribution in [2.24, 2.45) is 0 Å². The van der Waals surface area contributed by atoms with Crippen LogP contribution in [0.2, 0.25) is 0 Å². The summed E-state index contributed by atoms with van der Waals surface area (Å²) in [7, 11) is 0. The molecular formula is C14H18INO5. The van der Waals surface area contributed by atoms with Crippen molar-refractivity contribution in [3.8, 4) is 5.75 Å². The van der Waals surface area contributed by atoms with Gasteiger partial charge in [0.2, 0.25) is 0 Å². The third-order valence-electron chi connectivity index (χ3n) is 2.44. The van der Waals surface area contributed by atoms with Crippen LogP contribution in [-0.4, -0.2) is 28.8 Å². The second-order valence-electron chi connectivity index (χ2n) is 5.46. The molecule has 0 heterocycles. The molecule has 7 heteroatoms. The van der Waals surface area contributed by atoms with Gasteiger partial charge in [-0.3, -0.25) is 0 Å². The number of carboxylic acids is 1. The molecule has 1 atom stereocenters. The third kappa shape index (κ3) is 6.65. The van der Waals surface area contributed by atoms with Gasteiger partial charge in [0, 0.05) is 6.42 Å². The van der Waals surface area contributed by atoms with Gasteiger partial charge in [-0.15, -0.1) is 0 Å². The van der Waals surface area contributed by atoms with Crippen LogP contribution >= 0.6 is 23.0 Å². The van der Waals surface area contributed by atoms with Gasteiger partial charge in [-0.2, -0.15) is 0 Å². The number of aliphatic carboxylic acids is 1. The van der Waals surface area contributed by atoms with Gasteiger partial charge in [-0.1, -0.05) is 12.1 Å². The average Bonchev–Trinajstić information content (AvgIpc) is 2.36. The Kier molecular flexibility index (Phi) is 6.25. The molecule has 0 spiro atoms. The van der Waals surface area contributed by atoms with E-state index in [4.69, 9.17) is 7.80 Å². The Hall–Kier alpha value is -1.51. The molecule has 1 rings (SSSR count). The molecule has 0 aliphatic carbocycles. The van der Waals surface area contributed by atoms with Crippen molar-refractivity contribution in [3.05, 3.63) is 29.8 Å². The topological polar surface area (TPSA) is 84.9 Å². The smallest absolute Gasteiger partial charge is 0.408 e. The molecule has 2 N–H and O–H groups in total. The number of ether oxygens (including phenoxy) is 1. The molecule has 21 heavy (non-hydrogen) atoms. The van der Waals surface area contributed by atoms with Gasteiger partial charge in [-0.05, 0) is 38.5 Å². The minimum atomic E-state index is -1.12. The first kappa shape index (κ1) is 17.5. The predicted octanol–water partition coefficient (Wildman–Crippen LogP) is 2.94. The van der Waals surface area contributed by atoms with Crippen molar-refractivity contribution in [3.63, 3.8) is 0 Å². The Bertz CT molecular complexity index is 495. The largest absolute Gasteiger partial charge is 0.480 e. The van der Waals surface area contributed by atoms with Crippen molar-refractivity contribution >= 4 is 35.1 Å². The highest BCUT2D eigenvalue weighted by Gasteiger charge is 2.24. The lowest BCUT2D eigenvalue weighted by molar-refractivity contribution is -0.139. The fraction of sp³-hybridized carbons (Fsp3) is 0.429. The maximum Gasteiger partial charge on any atom is 0.408 e. The molecule has 0 aliphatic heterocycles. The van der Waals surface area contributed by atoms with Gasteiger partial charge in [0.15, 0.2) is 23.0 Å². The highest BCUT2D eigenvalue weighted by atomic mass is 127. The maximum atomic E-state index is 11.6. The maximum absolute atomic E-state index is 11.6. The van der Waals surface area contributed by atoms with Gasteiger partial charge in [0.05, 0.1) is 0 Å². The summed E-state index contributed by atoms with van der Waals surface area (Å²) < 4.78 is 10.1. The second-order valence-corrected chi connectivity index (χ2v) is 5.90. The molecule has 1 amide bonds. The van der Waals surface area contributed by atoms with E-state index in [9.17, 15) is 14.7 Å². The van der Waals surface area contributed by atoms with Crippen molar-refractivity contribution in [1.29, 1.82) is 0 Å². The molecule has 0 bridgehead atoms. The SMILES string of the molecule is CC(C)(C)OC(=O)NC(Cc1ccc(OI)cc1)C(=O)O. The Labute approximate surface area is 137 Å². The van der Waals surface area contributed by atoms with Gasteiger partial charge in [0.25, 0.3) is 0 Å². The van der Waals surface area contributed by atoms with Crippen LogP contribution in [0.15, 0.2) is 24.3 Å². The summed E-state index contributed by atoms with van der Waals surface area (Å²) in [5.74, 6) is -0.443. The lowest BCUT2D eigenvalue weighted by Gasteiger charge is -2.22. The number of carbonyl (C=O) groups excluding carboxylic acids is 1. The van der Waals surface area contributed by atoms with E-state index >= 15 is 0 Å². The zero-order valence-corrected chi connectivity index (χ0v) is 14.2. The van der Waals surface area contributed by atoms with E-state index in [-0.39, 0.29) is 6.42 Å². The van der Waals surface area contributed by atoms with Gasteiger partial charge in [-0.25, -0.2) is 9.59 Å². The van der Waals surface area contributed by atoms with Crippen LogP contribution in [0.1, 0.15) is 26.3 Å². The van der Waals surface area contributed by atoms with Crippen LogP contribution < -0.4 is 8.38 Å². The summed E-state index contributed by atoms with van der Waals surface area (Å²) in [6.45, 7) is 5.14. The average molecular weight is 407 g/mol. The molecule has 0 fully saturated rings. The number of alkyl carbamates (subject to hydrolysis) is 1. The van der Waals surface area contributed by atoms with E-state index in [1.54, 1.807) is 68.0 Å². The highest BCUT2D eigenvalue weighted by molar-refractivity contribution is 14.1. The molecular weight excluding hydrogens is 389 g/mol. The van der Waals surface area contributed by atoms with E-state index in [1.807, 2.05) is 0 Å². The molecule has 1 aromatic rings. The Morgan fingerprint density at radius 2 is 1.86 bits per heavy atom. The van der Waals surface area contributed by atoms with E-state index in [2.05, 4.69) is 5.32 Å². The summed E-state index contributed by atoms with van der Waals surface area (Å²) in [5.41, 5.74) is 0.0996. The lowest BCUT2D eigenvalue weighted by Crippen LogP contribution is -2.44. The van der Waals surface area contributed by atoms with Crippen molar-refractivity contribution in [1.82, 2.24) is 5.32 Å². The Morgan fingerprint density at radius 3 is 2.29 bits per heavy atom. The minimum absolute atomic E-state index is 0.163. The number of rotatable bonds is 5. The van der Waals surface area contributed by atoms with Crippen molar-refractivity contribution < 1.29 is 22.5 Å². The molecule has 0 saturated carbocycles. The number of carbonyl (C=O) groups is 2. The summed E-state index contributed by atoms with van der Waals surface area (Å²) in [6.07, 6.45) is -0.585. The normalized spacial score (nSPS) is 12.4. The first-order valence-electron chi connectivity index (χ1n) is 6.31. The first-order chi connectivity index (χ1) is 9.71. The quantitative estimate of drug-likeness (QED) is 0.734. The van der Waals surface area contributed by atoms with Crippen LogP contribution in [0.3, 0.4) is 0 Å². The number of hydrogen-bond acceptors (Lipinski definition) is 4. The fourth-order valence-electron chi connectivity index (χ4n) is 1.56. The number of amides is 1. The van der Waals surface area contributed by atoms with E-state index in [0.29, 0.717) is 5.75 Å². The van der Waals surface area contributed by atoms with E-state index in [1.165, 1.54) is 0 Å². The van der Waals surface area contributed by atoms with Gasteiger partial charge < -0.3 is 18.2 Å². The van der Waals surface area contributed by atoms with Crippen LogP contribution in [0.5, 0.6) is 5.75 Å². The molecule has 1 unspecified atom stereocenters. The second kappa shape index (κ2) is 7.48. The number of carboxylic acid groups (broad SMARTS) is 1. The van der Waals surface area contributed by atoms with Gasteiger partial charge >= 0.3 is 12.1 Å². The third-order valence-corrected chi connectivity index (χ3v) is 2.95. The first-order valence-corrected chi connectivity index (χ1v) is 7.19. The fourth-order valence-corrected chi connectivity index (χ4v) is 1.86. The molecule has 1 aromatic carbocycles. The molecule has 0 saturated heterocycles. The Balaban J connectivity index is 2.69. The Morgan fingerprint density at radius 1 is 1.29 bits per heavy atom. The standard InChI is InChI=1S/C14H18INO5/c1-14(2,3)20-13(19)16-11(12(17)18)8-9-4-6-10(21-15)7-5-9/h4-7,11H,8H2,1-3H3,(H,16,19)(H,17,18). The molecule has 0 aromatic heterocycles. The van der Waals surface area contributed by atoms with E-state index < -0.39 is 23.7 Å². The summed E-state index contributed by atoms with van der Waals surface area (Å²) in [6, 6.07) is 5.91. The van der Waals surface area contributed by atoms with Gasteiger partial charge in [0.1, 0.15) is 17.4 Å². The monoisotopic (exact) mass is 407 g/mol. The number of halogens is 1. The highest BCUT2D eigenvalue weighted by Crippen LogP contribution is 2.15. The zero-order valence-electron chi connectivity index (χ0n) is 12.1.